The number of carbonyl (C=O) groups is 3. The number of rotatable bonds is 9. The van der Waals surface area contributed by atoms with E-state index in [9.17, 15) is 19.5 Å². The molecule has 0 saturated carbocycles. The molecule has 1 heterocycles. The second-order valence-electron chi connectivity index (χ2n) is 7.52. The largest absolute Gasteiger partial charge is 0.507 e. The maximum atomic E-state index is 13.0. The third kappa shape index (κ3) is 5.40. The molecule has 1 unspecified atom stereocenters. The number of nitrogens with zero attached hydrogens (tertiary/aromatic N) is 1. The molecule has 0 radical (unpaired) electrons. The molecule has 1 atom stereocenters. The van der Waals surface area contributed by atoms with Crippen molar-refractivity contribution in [3.8, 4) is 11.5 Å². The van der Waals surface area contributed by atoms with Gasteiger partial charge in [0.1, 0.15) is 17.3 Å². The van der Waals surface area contributed by atoms with Crippen LogP contribution in [0.5, 0.6) is 11.5 Å². The number of benzene rings is 2. The van der Waals surface area contributed by atoms with Gasteiger partial charge in [-0.15, -0.1) is 0 Å². The van der Waals surface area contributed by atoms with Crippen LogP contribution >= 0.6 is 0 Å². The second kappa shape index (κ2) is 10.8. The summed E-state index contributed by atoms with van der Waals surface area (Å²) in [5, 5.41) is 11.1. The van der Waals surface area contributed by atoms with Gasteiger partial charge >= 0.3 is 5.97 Å². The topological polar surface area (TPSA) is 102 Å². The fraction of sp³-hybridized carbons (Fsp3) is 0.320. The first-order valence-corrected chi connectivity index (χ1v) is 10.7. The molecule has 2 aromatic carbocycles. The van der Waals surface area contributed by atoms with Crippen LogP contribution in [0.2, 0.25) is 0 Å². The van der Waals surface area contributed by atoms with Crippen molar-refractivity contribution < 1.29 is 33.7 Å². The lowest BCUT2D eigenvalue weighted by molar-refractivity contribution is -0.140. The number of hydrogen-bond donors (Lipinski definition) is 1. The molecule has 33 heavy (non-hydrogen) atoms. The van der Waals surface area contributed by atoms with Gasteiger partial charge in [0, 0.05) is 26.1 Å². The quantitative estimate of drug-likeness (QED) is 0.204. The van der Waals surface area contributed by atoms with E-state index in [0.29, 0.717) is 23.5 Å². The van der Waals surface area contributed by atoms with Gasteiger partial charge in [-0.3, -0.25) is 14.4 Å². The number of ketones is 1. The molecule has 1 saturated heterocycles. The average molecular weight is 453 g/mol. The molecule has 1 aliphatic heterocycles. The van der Waals surface area contributed by atoms with E-state index < -0.39 is 23.7 Å². The number of likely N-dealkylation sites (tertiary alicyclic amines) is 1. The SMILES string of the molecule is CCCOc1ccc(/C(O)=C2/C(=O)C(=O)N(CCOC)C2c2cccc(OC(C)=O)c2)cc1. The standard InChI is InChI=1S/C25H27NO7/c1-4-13-32-19-10-8-17(9-11-19)23(28)21-22(26(12-14-31-3)25(30)24(21)29)18-6-5-7-20(15-18)33-16(2)27/h5-11,15,22,28H,4,12-14H2,1-3H3/b23-21-. The molecule has 8 heteroatoms. The molecule has 0 spiro atoms. The molecule has 1 aliphatic rings. The van der Waals surface area contributed by atoms with Crippen molar-refractivity contribution in [3.05, 3.63) is 65.2 Å². The van der Waals surface area contributed by atoms with Crippen molar-refractivity contribution in [2.24, 2.45) is 0 Å². The van der Waals surface area contributed by atoms with Crippen molar-refractivity contribution >= 4 is 23.4 Å². The fourth-order valence-corrected chi connectivity index (χ4v) is 3.65. The molecule has 2 aromatic rings. The zero-order valence-corrected chi connectivity index (χ0v) is 18.9. The van der Waals surface area contributed by atoms with Crippen LogP contribution in [0.4, 0.5) is 0 Å². The van der Waals surface area contributed by atoms with Gasteiger partial charge in [-0.2, -0.15) is 0 Å². The van der Waals surface area contributed by atoms with Crippen molar-refractivity contribution in [1.82, 2.24) is 4.90 Å². The first kappa shape index (κ1) is 24.0. The van der Waals surface area contributed by atoms with Gasteiger partial charge in [0.2, 0.25) is 0 Å². The second-order valence-corrected chi connectivity index (χ2v) is 7.52. The summed E-state index contributed by atoms with van der Waals surface area (Å²) in [6.45, 7) is 4.19. The van der Waals surface area contributed by atoms with Crippen LogP contribution in [-0.4, -0.2) is 54.5 Å². The van der Waals surface area contributed by atoms with Crippen molar-refractivity contribution in [2.45, 2.75) is 26.3 Å². The number of hydrogen-bond acceptors (Lipinski definition) is 7. The molecule has 8 nitrogen and oxygen atoms in total. The summed E-state index contributed by atoms with van der Waals surface area (Å²) in [4.78, 5) is 38.6. The molecule has 0 bridgehead atoms. The third-order valence-electron chi connectivity index (χ3n) is 5.11. The van der Waals surface area contributed by atoms with Gasteiger partial charge in [0.15, 0.2) is 0 Å². The molecule has 1 amide bonds. The van der Waals surface area contributed by atoms with Gasteiger partial charge in [0.25, 0.3) is 11.7 Å². The van der Waals surface area contributed by atoms with Gasteiger partial charge < -0.3 is 24.2 Å². The first-order chi connectivity index (χ1) is 15.9. The Bertz CT molecular complexity index is 1060. The summed E-state index contributed by atoms with van der Waals surface area (Å²) < 4.78 is 15.8. The van der Waals surface area contributed by atoms with E-state index in [-0.39, 0.29) is 30.2 Å². The summed E-state index contributed by atoms with van der Waals surface area (Å²) >= 11 is 0. The number of ether oxygens (including phenoxy) is 3. The maximum absolute atomic E-state index is 13.0. The maximum Gasteiger partial charge on any atom is 0.308 e. The lowest BCUT2D eigenvalue weighted by atomic mass is 9.95. The van der Waals surface area contributed by atoms with E-state index in [1.165, 1.54) is 18.9 Å². The van der Waals surface area contributed by atoms with E-state index >= 15 is 0 Å². The molecule has 1 N–H and O–H groups in total. The predicted octanol–water partition coefficient (Wildman–Crippen LogP) is 3.47. The molecule has 3 rings (SSSR count). The minimum atomic E-state index is -0.869. The van der Waals surface area contributed by atoms with Gasteiger partial charge in [-0.25, -0.2) is 0 Å². The summed E-state index contributed by atoms with van der Waals surface area (Å²) in [7, 11) is 1.50. The lowest BCUT2D eigenvalue weighted by Gasteiger charge is -2.25. The fourth-order valence-electron chi connectivity index (χ4n) is 3.65. The van der Waals surface area contributed by atoms with Crippen LogP contribution in [0.3, 0.4) is 0 Å². The van der Waals surface area contributed by atoms with E-state index in [1.807, 2.05) is 6.92 Å². The number of methoxy groups -OCH3 is 1. The summed E-state index contributed by atoms with van der Waals surface area (Å²) in [6, 6.07) is 12.3. The molecule has 174 valence electrons. The molecule has 0 aromatic heterocycles. The van der Waals surface area contributed by atoms with Crippen LogP contribution in [-0.2, 0) is 19.1 Å². The lowest BCUT2D eigenvalue weighted by Crippen LogP contribution is -2.32. The number of Topliss-reactive ketones (excluding diaryl/α,β-unsaturated/α-hetero) is 1. The Hall–Kier alpha value is -3.65. The van der Waals surface area contributed by atoms with Gasteiger partial charge in [-0.1, -0.05) is 19.1 Å². The zero-order chi connectivity index (χ0) is 24.0. The number of aliphatic hydroxyl groups is 1. The highest BCUT2D eigenvalue weighted by Crippen LogP contribution is 2.40. The Balaban J connectivity index is 2.07. The highest BCUT2D eigenvalue weighted by Gasteiger charge is 2.46. The Labute approximate surface area is 192 Å². The normalized spacial score (nSPS) is 17.3. The summed E-state index contributed by atoms with van der Waals surface area (Å²) in [5.74, 6) is -1.41. The van der Waals surface area contributed by atoms with Crippen LogP contribution in [0.1, 0.15) is 37.4 Å². The number of amides is 1. The smallest absolute Gasteiger partial charge is 0.308 e. The molecule has 1 fully saturated rings. The Morgan fingerprint density at radius 1 is 1.06 bits per heavy atom. The van der Waals surface area contributed by atoms with Gasteiger partial charge in [0.05, 0.1) is 24.8 Å². The highest BCUT2D eigenvalue weighted by molar-refractivity contribution is 6.46. The summed E-state index contributed by atoms with van der Waals surface area (Å²) in [6.07, 6.45) is 0.860. The van der Waals surface area contributed by atoms with Gasteiger partial charge in [-0.05, 0) is 48.4 Å². The van der Waals surface area contributed by atoms with Crippen LogP contribution in [0.25, 0.3) is 5.76 Å². The number of aliphatic hydroxyl groups excluding tert-OH is 1. The highest BCUT2D eigenvalue weighted by atomic mass is 16.5. The van der Waals surface area contributed by atoms with Crippen LogP contribution < -0.4 is 9.47 Å². The van der Waals surface area contributed by atoms with Crippen LogP contribution in [0.15, 0.2) is 54.1 Å². The van der Waals surface area contributed by atoms with Crippen LogP contribution in [0, 0.1) is 0 Å². The predicted molar refractivity (Wildman–Crippen MR) is 121 cm³/mol. The monoisotopic (exact) mass is 453 g/mol. The first-order valence-electron chi connectivity index (χ1n) is 10.7. The number of esters is 1. The van der Waals surface area contributed by atoms with E-state index in [1.54, 1.807) is 48.5 Å². The minimum Gasteiger partial charge on any atom is -0.507 e. The average Bonchev–Trinajstić information content (AvgIpc) is 3.06. The minimum absolute atomic E-state index is 0.0432. The molecule has 0 aliphatic carbocycles. The third-order valence-corrected chi connectivity index (χ3v) is 5.11. The summed E-state index contributed by atoms with van der Waals surface area (Å²) in [5.41, 5.74) is 0.858. The van der Waals surface area contributed by atoms with E-state index in [2.05, 4.69) is 0 Å². The van der Waals surface area contributed by atoms with E-state index in [4.69, 9.17) is 14.2 Å². The van der Waals surface area contributed by atoms with Crippen molar-refractivity contribution in [2.75, 3.05) is 26.9 Å². The van der Waals surface area contributed by atoms with Crippen molar-refractivity contribution in [3.63, 3.8) is 0 Å². The van der Waals surface area contributed by atoms with E-state index in [0.717, 1.165) is 6.42 Å². The number of carbonyl (C=O) groups excluding carboxylic acids is 3. The Morgan fingerprint density at radius 3 is 2.42 bits per heavy atom. The molecular weight excluding hydrogens is 426 g/mol. The zero-order valence-electron chi connectivity index (χ0n) is 18.9. The van der Waals surface area contributed by atoms with Crippen molar-refractivity contribution in [1.29, 1.82) is 0 Å². The Kier molecular flexibility index (Phi) is 7.84. The molecular formula is C25H27NO7. The Morgan fingerprint density at radius 2 is 1.79 bits per heavy atom.